The fraction of sp³-hybridized carbons (Fsp3) is 0.632. The molecule has 0 N–H and O–H groups in total. The van der Waals surface area contributed by atoms with Crippen LogP contribution < -0.4 is 4.90 Å². The molecule has 3 heteroatoms. The van der Waals surface area contributed by atoms with E-state index in [0.29, 0.717) is 18.5 Å². The van der Waals surface area contributed by atoms with E-state index in [1.807, 2.05) is 25.2 Å². The summed E-state index contributed by atoms with van der Waals surface area (Å²) in [6, 6.07) is 10.7. The first kappa shape index (κ1) is 15.4. The van der Waals surface area contributed by atoms with Crippen LogP contribution in [-0.2, 0) is 4.79 Å². The maximum Gasteiger partial charge on any atom is 0.242 e. The number of nitrogens with zero attached hydrogens (tertiary/aromatic N) is 2. The van der Waals surface area contributed by atoms with Crippen molar-refractivity contribution in [3.8, 4) is 0 Å². The molecule has 0 spiro atoms. The van der Waals surface area contributed by atoms with Gasteiger partial charge >= 0.3 is 0 Å². The summed E-state index contributed by atoms with van der Waals surface area (Å²) in [4.78, 5) is 17.1. The van der Waals surface area contributed by atoms with Gasteiger partial charge in [0.25, 0.3) is 0 Å². The van der Waals surface area contributed by atoms with Crippen molar-refractivity contribution in [1.29, 1.82) is 0 Å². The van der Waals surface area contributed by atoms with Crippen molar-refractivity contribution >= 4 is 11.6 Å². The third-order valence-electron chi connectivity index (χ3n) is 5.63. The van der Waals surface area contributed by atoms with Crippen molar-refractivity contribution in [2.45, 2.75) is 45.1 Å². The summed E-state index contributed by atoms with van der Waals surface area (Å²) in [7, 11) is 2.01. The molecule has 1 aromatic rings. The van der Waals surface area contributed by atoms with Crippen molar-refractivity contribution in [2.75, 3.05) is 25.0 Å². The number of likely N-dealkylation sites (tertiary alicyclic amines) is 1. The number of piperidine rings is 1. The highest BCUT2D eigenvalue weighted by Crippen LogP contribution is 2.38. The zero-order valence-corrected chi connectivity index (χ0v) is 13.9. The van der Waals surface area contributed by atoms with Crippen LogP contribution in [0.3, 0.4) is 0 Å². The summed E-state index contributed by atoms with van der Waals surface area (Å²) in [5.74, 6) is 1.81. The first-order valence-corrected chi connectivity index (χ1v) is 8.72. The number of hydrogen-bond donors (Lipinski definition) is 0. The van der Waals surface area contributed by atoms with E-state index in [2.05, 4.69) is 28.9 Å². The quantitative estimate of drug-likeness (QED) is 0.852. The van der Waals surface area contributed by atoms with Crippen molar-refractivity contribution in [3.05, 3.63) is 30.3 Å². The van der Waals surface area contributed by atoms with Gasteiger partial charge in [-0.3, -0.25) is 4.79 Å². The van der Waals surface area contributed by atoms with Gasteiger partial charge in [0, 0.05) is 25.3 Å². The monoisotopic (exact) mass is 300 g/mol. The standard InChI is InChI=1S/C19H28N2O/c1-15-12-13-21(18-11-7-6-10-17(15)18)19(22)14-20(2)16-8-4-3-5-9-16/h3-5,8-9,15,17-18H,6-7,10-14H2,1-2H3/t15-,17-,18+/m0/s1. The van der Waals surface area contributed by atoms with E-state index >= 15 is 0 Å². The zero-order chi connectivity index (χ0) is 15.5. The van der Waals surface area contributed by atoms with E-state index in [4.69, 9.17) is 0 Å². The molecular formula is C19H28N2O. The Morgan fingerprint density at radius 3 is 2.68 bits per heavy atom. The molecule has 1 saturated carbocycles. The smallest absolute Gasteiger partial charge is 0.242 e. The lowest BCUT2D eigenvalue weighted by Crippen LogP contribution is -2.54. The zero-order valence-electron chi connectivity index (χ0n) is 13.9. The van der Waals surface area contributed by atoms with E-state index < -0.39 is 0 Å². The van der Waals surface area contributed by atoms with Gasteiger partial charge in [0.2, 0.25) is 5.91 Å². The molecule has 2 fully saturated rings. The van der Waals surface area contributed by atoms with Crippen molar-refractivity contribution < 1.29 is 4.79 Å². The average molecular weight is 300 g/mol. The minimum atomic E-state index is 0.301. The number of anilines is 1. The topological polar surface area (TPSA) is 23.6 Å². The van der Waals surface area contributed by atoms with Gasteiger partial charge in [0.15, 0.2) is 0 Å². The minimum Gasteiger partial charge on any atom is -0.365 e. The van der Waals surface area contributed by atoms with Gasteiger partial charge in [-0.25, -0.2) is 0 Å². The Bertz CT molecular complexity index is 501. The first-order chi connectivity index (χ1) is 10.7. The number of amides is 1. The number of benzene rings is 1. The van der Waals surface area contributed by atoms with Gasteiger partial charge < -0.3 is 9.80 Å². The highest BCUT2D eigenvalue weighted by molar-refractivity contribution is 5.81. The van der Waals surface area contributed by atoms with E-state index in [-0.39, 0.29) is 0 Å². The largest absolute Gasteiger partial charge is 0.365 e. The van der Waals surface area contributed by atoms with Crippen LogP contribution in [0, 0.1) is 11.8 Å². The van der Waals surface area contributed by atoms with Crippen LogP contribution in [0.25, 0.3) is 0 Å². The molecule has 3 nitrogen and oxygen atoms in total. The molecule has 1 amide bonds. The van der Waals surface area contributed by atoms with E-state index in [1.165, 1.54) is 32.1 Å². The highest BCUT2D eigenvalue weighted by atomic mass is 16.2. The predicted octanol–water partition coefficient (Wildman–Crippen LogP) is 3.55. The molecule has 1 aliphatic carbocycles. The van der Waals surface area contributed by atoms with Gasteiger partial charge in [0.1, 0.15) is 0 Å². The Morgan fingerprint density at radius 2 is 1.91 bits per heavy atom. The molecule has 3 atom stereocenters. The molecule has 2 aliphatic rings. The Labute approximate surface area is 134 Å². The molecule has 1 aromatic carbocycles. The normalized spacial score (nSPS) is 28.1. The first-order valence-electron chi connectivity index (χ1n) is 8.72. The number of rotatable bonds is 3. The number of fused-ring (bicyclic) bond motifs is 1. The summed E-state index contributed by atoms with van der Waals surface area (Å²) < 4.78 is 0. The lowest BCUT2D eigenvalue weighted by atomic mass is 9.72. The number of hydrogen-bond acceptors (Lipinski definition) is 2. The Kier molecular flexibility index (Phi) is 4.70. The van der Waals surface area contributed by atoms with Crippen LogP contribution in [-0.4, -0.2) is 37.0 Å². The van der Waals surface area contributed by atoms with Crippen molar-refractivity contribution in [1.82, 2.24) is 4.90 Å². The maximum atomic E-state index is 12.8. The summed E-state index contributed by atoms with van der Waals surface area (Å²) >= 11 is 0. The molecule has 0 bridgehead atoms. The molecule has 0 aromatic heterocycles. The molecule has 1 saturated heterocycles. The fourth-order valence-electron chi connectivity index (χ4n) is 4.29. The lowest BCUT2D eigenvalue weighted by Gasteiger charge is -2.47. The molecule has 120 valence electrons. The van der Waals surface area contributed by atoms with Gasteiger partial charge in [-0.1, -0.05) is 38.0 Å². The summed E-state index contributed by atoms with van der Waals surface area (Å²) in [6.07, 6.45) is 6.31. The second-order valence-electron chi connectivity index (χ2n) is 7.06. The minimum absolute atomic E-state index is 0.301. The third kappa shape index (κ3) is 3.13. The number of carbonyl (C=O) groups is 1. The molecule has 1 aliphatic heterocycles. The van der Waals surface area contributed by atoms with Crippen LogP contribution in [0.1, 0.15) is 39.0 Å². The van der Waals surface area contributed by atoms with Crippen LogP contribution in [0.5, 0.6) is 0 Å². The van der Waals surface area contributed by atoms with E-state index in [9.17, 15) is 4.79 Å². The SMILES string of the molecule is C[C@H]1CCN(C(=O)CN(C)c2ccccc2)[C@@H]2CCCC[C@H]21. The predicted molar refractivity (Wildman–Crippen MR) is 91.0 cm³/mol. The van der Waals surface area contributed by atoms with Gasteiger partial charge in [-0.15, -0.1) is 0 Å². The highest BCUT2D eigenvalue weighted by Gasteiger charge is 2.39. The summed E-state index contributed by atoms with van der Waals surface area (Å²) in [6.45, 7) is 3.81. The van der Waals surface area contributed by atoms with Crippen LogP contribution in [0.4, 0.5) is 5.69 Å². The van der Waals surface area contributed by atoms with Gasteiger partial charge in [-0.05, 0) is 43.2 Å². The van der Waals surface area contributed by atoms with Gasteiger partial charge in [-0.2, -0.15) is 0 Å². The molecule has 22 heavy (non-hydrogen) atoms. The maximum absolute atomic E-state index is 12.8. The average Bonchev–Trinajstić information content (AvgIpc) is 2.56. The fourth-order valence-corrected chi connectivity index (χ4v) is 4.29. The third-order valence-corrected chi connectivity index (χ3v) is 5.63. The molecule has 3 rings (SSSR count). The van der Waals surface area contributed by atoms with E-state index in [1.54, 1.807) is 0 Å². The molecule has 1 heterocycles. The number of carbonyl (C=O) groups excluding carboxylic acids is 1. The van der Waals surface area contributed by atoms with Gasteiger partial charge in [0.05, 0.1) is 6.54 Å². The van der Waals surface area contributed by atoms with Crippen molar-refractivity contribution in [3.63, 3.8) is 0 Å². The molecular weight excluding hydrogens is 272 g/mol. The van der Waals surface area contributed by atoms with Crippen LogP contribution in [0.15, 0.2) is 30.3 Å². The van der Waals surface area contributed by atoms with Crippen molar-refractivity contribution in [2.24, 2.45) is 11.8 Å². The summed E-state index contributed by atoms with van der Waals surface area (Å²) in [5, 5.41) is 0. The second kappa shape index (κ2) is 6.72. The molecule has 0 unspecified atom stereocenters. The number of para-hydroxylation sites is 1. The Balaban J connectivity index is 1.66. The van der Waals surface area contributed by atoms with Crippen LogP contribution in [0.2, 0.25) is 0 Å². The molecule has 0 radical (unpaired) electrons. The lowest BCUT2D eigenvalue weighted by molar-refractivity contribution is -0.137. The Morgan fingerprint density at radius 1 is 1.18 bits per heavy atom. The second-order valence-corrected chi connectivity index (χ2v) is 7.06. The number of likely N-dealkylation sites (N-methyl/N-ethyl adjacent to an activating group) is 1. The van der Waals surface area contributed by atoms with E-state index in [0.717, 1.165) is 24.1 Å². The van der Waals surface area contributed by atoms with Crippen LogP contribution >= 0.6 is 0 Å². The summed E-state index contributed by atoms with van der Waals surface area (Å²) in [5.41, 5.74) is 1.11. The Hall–Kier alpha value is -1.51.